The number of aromatic nitrogens is 2. The van der Waals surface area contributed by atoms with Crippen molar-refractivity contribution in [2.24, 2.45) is 0 Å². The summed E-state index contributed by atoms with van der Waals surface area (Å²) in [6.45, 7) is 0.447. The fourth-order valence-corrected chi connectivity index (χ4v) is 3.24. The number of carboxylic acid groups (broad SMARTS) is 1. The van der Waals surface area contributed by atoms with Crippen LogP contribution in [0.4, 0.5) is 0 Å². The number of rotatable bonds is 5. The first-order valence-electron chi connectivity index (χ1n) is 5.89. The van der Waals surface area contributed by atoms with Crippen molar-refractivity contribution in [1.82, 2.24) is 14.4 Å². The van der Waals surface area contributed by atoms with Gasteiger partial charge in [0, 0.05) is 13.0 Å². The van der Waals surface area contributed by atoms with E-state index in [2.05, 4.69) is 10.1 Å². The van der Waals surface area contributed by atoms with Gasteiger partial charge in [-0.05, 0) is 12.8 Å². The standard InChI is InChI=1S/C10H15N3O5S/c1-19(16,17)13-6-2-3-7(13)10-11-8(18-12-10)4-5-9(14)15/h7H,2-6H2,1H3,(H,14,15)/t7-/m0/s1. The molecule has 2 heterocycles. The van der Waals surface area contributed by atoms with Gasteiger partial charge in [0.1, 0.15) is 0 Å². The zero-order chi connectivity index (χ0) is 14.0. The lowest BCUT2D eigenvalue weighted by Crippen LogP contribution is -2.30. The molecular weight excluding hydrogens is 274 g/mol. The molecule has 1 aromatic heterocycles. The summed E-state index contributed by atoms with van der Waals surface area (Å²) in [5.74, 6) is -0.417. The molecule has 1 aromatic rings. The molecule has 1 saturated heterocycles. The number of aryl methyl sites for hydroxylation is 1. The molecule has 1 N–H and O–H groups in total. The Kier molecular flexibility index (Phi) is 3.85. The van der Waals surface area contributed by atoms with Crippen molar-refractivity contribution in [3.63, 3.8) is 0 Å². The molecule has 0 radical (unpaired) electrons. The first-order chi connectivity index (χ1) is 8.88. The maximum atomic E-state index is 11.6. The molecule has 106 valence electrons. The van der Waals surface area contributed by atoms with Crippen molar-refractivity contribution in [3.05, 3.63) is 11.7 Å². The summed E-state index contributed by atoms with van der Waals surface area (Å²) in [4.78, 5) is 14.5. The van der Waals surface area contributed by atoms with Gasteiger partial charge in [0.25, 0.3) is 0 Å². The predicted octanol–water partition coefficient (Wildman–Crippen LogP) is 0.183. The van der Waals surface area contributed by atoms with E-state index < -0.39 is 22.0 Å². The summed E-state index contributed by atoms with van der Waals surface area (Å²) in [5.41, 5.74) is 0. The van der Waals surface area contributed by atoms with E-state index in [1.54, 1.807) is 0 Å². The Morgan fingerprint density at radius 3 is 2.95 bits per heavy atom. The third kappa shape index (κ3) is 3.29. The second-order valence-electron chi connectivity index (χ2n) is 4.47. The smallest absolute Gasteiger partial charge is 0.303 e. The van der Waals surface area contributed by atoms with E-state index in [0.717, 1.165) is 12.7 Å². The van der Waals surface area contributed by atoms with Crippen LogP contribution in [-0.2, 0) is 21.2 Å². The number of hydrogen-bond acceptors (Lipinski definition) is 6. The van der Waals surface area contributed by atoms with E-state index in [-0.39, 0.29) is 18.7 Å². The third-order valence-electron chi connectivity index (χ3n) is 2.96. The highest BCUT2D eigenvalue weighted by molar-refractivity contribution is 7.88. The number of aliphatic carboxylic acids is 1. The van der Waals surface area contributed by atoms with Crippen LogP contribution in [0.15, 0.2) is 4.52 Å². The van der Waals surface area contributed by atoms with E-state index >= 15 is 0 Å². The fourth-order valence-electron chi connectivity index (χ4n) is 2.11. The average Bonchev–Trinajstić information content (AvgIpc) is 2.93. The molecule has 9 heteroatoms. The van der Waals surface area contributed by atoms with Crippen LogP contribution in [0.1, 0.15) is 37.0 Å². The summed E-state index contributed by atoms with van der Waals surface area (Å²) in [7, 11) is -3.30. The minimum Gasteiger partial charge on any atom is -0.481 e. The number of carboxylic acids is 1. The van der Waals surface area contributed by atoms with Crippen molar-refractivity contribution in [1.29, 1.82) is 0 Å². The van der Waals surface area contributed by atoms with Crippen molar-refractivity contribution >= 4 is 16.0 Å². The van der Waals surface area contributed by atoms with Gasteiger partial charge in [0.05, 0.1) is 18.7 Å². The minimum atomic E-state index is -3.30. The van der Waals surface area contributed by atoms with Crippen LogP contribution in [0.3, 0.4) is 0 Å². The predicted molar refractivity (Wildman–Crippen MR) is 63.8 cm³/mol. The molecule has 0 spiro atoms. The molecule has 0 unspecified atom stereocenters. The van der Waals surface area contributed by atoms with Crippen LogP contribution >= 0.6 is 0 Å². The van der Waals surface area contributed by atoms with Gasteiger partial charge in [-0.15, -0.1) is 0 Å². The number of carbonyl (C=O) groups is 1. The minimum absolute atomic E-state index is 0.0951. The maximum Gasteiger partial charge on any atom is 0.303 e. The van der Waals surface area contributed by atoms with Gasteiger partial charge in [-0.1, -0.05) is 5.16 Å². The Labute approximate surface area is 110 Å². The van der Waals surface area contributed by atoms with Gasteiger partial charge < -0.3 is 9.63 Å². The molecule has 8 nitrogen and oxygen atoms in total. The third-order valence-corrected chi connectivity index (χ3v) is 4.25. The lowest BCUT2D eigenvalue weighted by Gasteiger charge is -2.18. The van der Waals surface area contributed by atoms with Crippen molar-refractivity contribution in [3.8, 4) is 0 Å². The Morgan fingerprint density at radius 1 is 1.58 bits per heavy atom. The van der Waals surface area contributed by atoms with Crippen LogP contribution in [0.5, 0.6) is 0 Å². The number of hydrogen-bond donors (Lipinski definition) is 1. The van der Waals surface area contributed by atoms with Crippen molar-refractivity contribution in [2.45, 2.75) is 31.7 Å². The molecule has 0 amide bonds. The Bertz CT molecular complexity index is 567. The number of nitrogens with zero attached hydrogens (tertiary/aromatic N) is 3. The highest BCUT2D eigenvalue weighted by Gasteiger charge is 2.35. The molecule has 1 fully saturated rings. The van der Waals surface area contributed by atoms with E-state index in [9.17, 15) is 13.2 Å². The number of sulfonamides is 1. The monoisotopic (exact) mass is 289 g/mol. The first-order valence-corrected chi connectivity index (χ1v) is 7.74. The quantitative estimate of drug-likeness (QED) is 0.822. The van der Waals surface area contributed by atoms with Crippen LogP contribution < -0.4 is 0 Å². The van der Waals surface area contributed by atoms with Crippen LogP contribution in [0, 0.1) is 0 Å². The van der Waals surface area contributed by atoms with E-state index in [1.165, 1.54) is 4.31 Å². The zero-order valence-electron chi connectivity index (χ0n) is 10.4. The summed E-state index contributed by atoms with van der Waals surface area (Å²) in [5, 5.41) is 12.3. The van der Waals surface area contributed by atoms with Gasteiger partial charge >= 0.3 is 5.97 Å². The molecule has 0 aromatic carbocycles. The lowest BCUT2D eigenvalue weighted by atomic mass is 10.2. The molecule has 0 saturated carbocycles. The second-order valence-corrected chi connectivity index (χ2v) is 6.41. The molecule has 19 heavy (non-hydrogen) atoms. The van der Waals surface area contributed by atoms with Gasteiger partial charge in [0.2, 0.25) is 15.9 Å². The van der Waals surface area contributed by atoms with Crippen LogP contribution in [-0.4, -0.2) is 46.7 Å². The summed E-state index contributed by atoms with van der Waals surface area (Å²) >= 11 is 0. The lowest BCUT2D eigenvalue weighted by molar-refractivity contribution is -0.137. The normalized spacial score (nSPS) is 20.8. The summed E-state index contributed by atoms with van der Waals surface area (Å²) in [6.07, 6.45) is 2.59. The molecular formula is C10H15N3O5S. The Balaban J connectivity index is 2.11. The van der Waals surface area contributed by atoms with Crippen molar-refractivity contribution in [2.75, 3.05) is 12.8 Å². The van der Waals surface area contributed by atoms with Crippen LogP contribution in [0.25, 0.3) is 0 Å². The van der Waals surface area contributed by atoms with Gasteiger partial charge in [-0.25, -0.2) is 8.42 Å². The fraction of sp³-hybridized carbons (Fsp3) is 0.700. The average molecular weight is 289 g/mol. The van der Waals surface area contributed by atoms with Gasteiger partial charge in [0.15, 0.2) is 5.82 Å². The molecule has 0 aliphatic carbocycles. The highest BCUT2D eigenvalue weighted by Crippen LogP contribution is 2.32. The largest absolute Gasteiger partial charge is 0.481 e. The molecule has 1 atom stereocenters. The molecule has 1 aliphatic rings. The topological polar surface area (TPSA) is 114 Å². The van der Waals surface area contributed by atoms with Crippen molar-refractivity contribution < 1.29 is 22.8 Å². The van der Waals surface area contributed by atoms with E-state index in [4.69, 9.17) is 9.63 Å². The zero-order valence-corrected chi connectivity index (χ0v) is 11.3. The molecule has 0 bridgehead atoms. The Morgan fingerprint density at radius 2 is 2.32 bits per heavy atom. The maximum absolute atomic E-state index is 11.6. The van der Waals surface area contributed by atoms with E-state index in [0.29, 0.717) is 18.8 Å². The second kappa shape index (κ2) is 5.25. The summed E-state index contributed by atoms with van der Waals surface area (Å²) < 4.78 is 29.5. The molecule has 1 aliphatic heterocycles. The van der Waals surface area contributed by atoms with Crippen LogP contribution in [0.2, 0.25) is 0 Å². The van der Waals surface area contributed by atoms with Gasteiger partial charge in [-0.3, -0.25) is 4.79 Å². The first kappa shape index (κ1) is 13.9. The SMILES string of the molecule is CS(=O)(=O)N1CCC[C@H]1c1noc(CCC(=O)O)n1. The Hall–Kier alpha value is -1.48. The van der Waals surface area contributed by atoms with Gasteiger partial charge in [-0.2, -0.15) is 9.29 Å². The molecule has 2 rings (SSSR count). The van der Waals surface area contributed by atoms with E-state index in [1.807, 2.05) is 0 Å². The highest BCUT2D eigenvalue weighted by atomic mass is 32.2. The summed E-state index contributed by atoms with van der Waals surface area (Å²) in [6, 6.07) is -0.405.